The van der Waals surface area contributed by atoms with Crippen molar-refractivity contribution < 1.29 is 0 Å². The molecule has 0 spiro atoms. The van der Waals surface area contributed by atoms with E-state index in [1.54, 1.807) is 0 Å². The molecule has 2 aliphatic rings. The van der Waals surface area contributed by atoms with E-state index in [2.05, 4.69) is 42.3 Å². The van der Waals surface area contributed by atoms with Crippen molar-refractivity contribution in [1.29, 1.82) is 0 Å². The highest BCUT2D eigenvalue weighted by Crippen LogP contribution is 2.39. The fourth-order valence-electron chi connectivity index (χ4n) is 3.06. The lowest BCUT2D eigenvalue weighted by Crippen LogP contribution is -2.29. The van der Waals surface area contributed by atoms with Crippen molar-refractivity contribution in [2.45, 2.75) is 38.5 Å². The van der Waals surface area contributed by atoms with Crippen LogP contribution in [0.5, 0.6) is 0 Å². The van der Waals surface area contributed by atoms with E-state index in [4.69, 9.17) is 0 Å². The molecule has 2 heteroatoms. The normalized spacial score (nSPS) is 22.1. The van der Waals surface area contributed by atoms with E-state index in [0.29, 0.717) is 5.41 Å². The smallest absolute Gasteiger partial charge is 0.0379 e. The van der Waals surface area contributed by atoms with Gasteiger partial charge in [0.25, 0.3) is 0 Å². The summed E-state index contributed by atoms with van der Waals surface area (Å²) >= 11 is 0. The maximum Gasteiger partial charge on any atom is 0.0379 e. The Morgan fingerprint density at radius 3 is 2.71 bits per heavy atom. The fourth-order valence-corrected chi connectivity index (χ4v) is 3.06. The fraction of sp³-hybridized carbons (Fsp3) is 0.600. The van der Waals surface area contributed by atoms with Gasteiger partial charge in [-0.25, -0.2) is 0 Å². The van der Waals surface area contributed by atoms with E-state index < -0.39 is 0 Å². The first kappa shape index (κ1) is 10.9. The van der Waals surface area contributed by atoms with E-state index in [1.165, 1.54) is 49.3 Å². The third kappa shape index (κ3) is 1.90. The molecule has 17 heavy (non-hydrogen) atoms. The molecule has 2 aliphatic heterocycles. The predicted molar refractivity (Wildman–Crippen MR) is 74.0 cm³/mol. The quantitative estimate of drug-likeness (QED) is 0.795. The summed E-state index contributed by atoms with van der Waals surface area (Å²) < 4.78 is 0. The molecule has 0 unspecified atom stereocenters. The number of rotatable bonds is 1. The monoisotopic (exact) mass is 230 g/mol. The Hall–Kier alpha value is -1.18. The summed E-state index contributed by atoms with van der Waals surface area (Å²) in [5.41, 5.74) is 4.56. The van der Waals surface area contributed by atoms with Gasteiger partial charge in [0.15, 0.2) is 0 Å². The van der Waals surface area contributed by atoms with Gasteiger partial charge < -0.3 is 10.2 Å². The maximum absolute atomic E-state index is 3.52. The molecule has 1 aromatic carbocycles. The van der Waals surface area contributed by atoms with Crippen molar-refractivity contribution in [2.75, 3.05) is 29.9 Å². The second-order valence-electron chi connectivity index (χ2n) is 5.98. The van der Waals surface area contributed by atoms with E-state index in [1.807, 2.05) is 0 Å². The average Bonchev–Trinajstić information content (AvgIpc) is 2.82. The molecule has 0 bridgehead atoms. The van der Waals surface area contributed by atoms with Crippen LogP contribution in [0.2, 0.25) is 0 Å². The van der Waals surface area contributed by atoms with Gasteiger partial charge in [-0.3, -0.25) is 0 Å². The summed E-state index contributed by atoms with van der Waals surface area (Å²) in [6.45, 7) is 8.28. The Bertz CT molecular complexity index is 417. The number of nitrogens with zero attached hydrogens (tertiary/aromatic N) is 1. The molecule has 1 N–H and O–H groups in total. The van der Waals surface area contributed by atoms with E-state index in [-0.39, 0.29) is 0 Å². The summed E-state index contributed by atoms with van der Waals surface area (Å²) in [7, 11) is 0. The van der Waals surface area contributed by atoms with Crippen molar-refractivity contribution in [3.8, 4) is 0 Å². The number of nitrogens with one attached hydrogen (secondary N) is 1. The first-order valence-corrected chi connectivity index (χ1v) is 6.80. The van der Waals surface area contributed by atoms with Crippen LogP contribution in [0.15, 0.2) is 18.2 Å². The Labute approximate surface area is 104 Å². The van der Waals surface area contributed by atoms with Crippen molar-refractivity contribution in [3.63, 3.8) is 0 Å². The number of benzene rings is 1. The lowest BCUT2D eigenvalue weighted by molar-refractivity contribution is 0.482. The van der Waals surface area contributed by atoms with Gasteiger partial charge in [-0.2, -0.15) is 0 Å². The highest BCUT2D eigenvalue weighted by atomic mass is 15.1. The highest BCUT2D eigenvalue weighted by Gasteiger charge is 2.28. The highest BCUT2D eigenvalue weighted by molar-refractivity contribution is 5.64. The second kappa shape index (κ2) is 3.94. The molecule has 1 saturated heterocycles. The molecule has 0 amide bonds. The van der Waals surface area contributed by atoms with Crippen LogP contribution in [0.1, 0.15) is 38.7 Å². The molecule has 2 nitrogen and oxygen atoms in total. The zero-order chi connectivity index (χ0) is 11.9. The summed E-state index contributed by atoms with van der Waals surface area (Å²) in [4.78, 5) is 2.52. The van der Waals surface area contributed by atoms with Crippen LogP contribution in [-0.4, -0.2) is 19.6 Å². The Morgan fingerprint density at radius 2 is 1.94 bits per heavy atom. The van der Waals surface area contributed by atoms with Gasteiger partial charge in [-0.1, -0.05) is 13.8 Å². The average molecular weight is 230 g/mol. The van der Waals surface area contributed by atoms with Crippen LogP contribution in [0.4, 0.5) is 11.4 Å². The standard InChI is InChI=1S/C15H22N2/c1-15(2)7-8-16-14-6-5-12(11-13(14)15)17-9-3-4-10-17/h5-6,11,16H,3-4,7-10H2,1-2H3. The van der Waals surface area contributed by atoms with Gasteiger partial charge in [-0.15, -0.1) is 0 Å². The number of anilines is 2. The van der Waals surface area contributed by atoms with E-state index >= 15 is 0 Å². The van der Waals surface area contributed by atoms with Crippen LogP contribution >= 0.6 is 0 Å². The molecule has 1 fully saturated rings. The largest absolute Gasteiger partial charge is 0.385 e. The van der Waals surface area contributed by atoms with Crippen molar-refractivity contribution in [3.05, 3.63) is 23.8 Å². The SMILES string of the molecule is CC1(C)CCNc2ccc(N3CCCC3)cc21. The van der Waals surface area contributed by atoms with E-state index in [0.717, 1.165) is 6.54 Å². The number of hydrogen-bond acceptors (Lipinski definition) is 2. The molecular weight excluding hydrogens is 208 g/mol. The summed E-state index contributed by atoms with van der Waals surface area (Å²) in [6, 6.07) is 6.95. The van der Waals surface area contributed by atoms with Gasteiger partial charge in [0.05, 0.1) is 0 Å². The van der Waals surface area contributed by atoms with Crippen molar-refractivity contribution >= 4 is 11.4 Å². The minimum absolute atomic E-state index is 0.316. The summed E-state index contributed by atoms with van der Waals surface area (Å²) in [5.74, 6) is 0. The van der Waals surface area contributed by atoms with Crippen LogP contribution in [0, 0.1) is 0 Å². The van der Waals surface area contributed by atoms with Crippen LogP contribution in [-0.2, 0) is 5.41 Å². The van der Waals surface area contributed by atoms with Gasteiger partial charge in [0.1, 0.15) is 0 Å². The lowest BCUT2D eigenvalue weighted by atomic mass is 9.78. The number of hydrogen-bond donors (Lipinski definition) is 1. The van der Waals surface area contributed by atoms with Crippen LogP contribution in [0.25, 0.3) is 0 Å². The molecule has 1 aromatic rings. The molecule has 0 aliphatic carbocycles. The minimum Gasteiger partial charge on any atom is -0.385 e. The Balaban J connectivity index is 1.98. The number of fused-ring (bicyclic) bond motifs is 1. The van der Waals surface area contributed by atoms with Crippen molar-refractivity contribution in [1.82, 2.24) is 0 Å². The third-order valence-corrected chi connectivity index (χ3v) is 4.27. The molecular formula is C15H22N2. The minimum atomic E-state index is 0.316. The van der Waals surface area contributed by atoms with Crippen LogP contribution < -0.4 is 10.2 Å². The van der Waals surface area contributed by atoms with E-state index in [9.17, 15) is 0 Å². The first-order valence-electron chi connectivity index (χ1n) is 6.80. The van der Waals surface area contributed by atoms with Gasteiger partial charge in [0, 0.05) is 31.0 Å². The molecule has 92 valence electrons. The zero-order valence-electron chi connectivity index (χ0n) is 10.9. The Kier molecular flexibility index (Phi) is 2.53. The van der Waals surface area contributed by atoms with Crippen LogP contribution in [0.3, 0.4) is 0 Å². The molecule has 0 atom stereocenters. The third-order valence-electron chi connectivity index (χ3n) is 4.27. The zero-order valence-corrected chi connectivity index (χ0v) is 10.9. The van der Waals surface area contributed by atoms with Gasteiger partial charge >= 0.3 is 0 Å². The lowest BCUT2D eigenvalue weighted by Gasteiger charge is -2.34. The molecule has 3 rings (SSSR count). The molecule has 0 aromatic heterocycles. The van der Waals surface area contributed by atoms with Gasteiger partial charge in [-0.05, 0) is 48.4 Å². The molecule has 0 saturated carbocycles. The second-order valence-corrected chi connectivity index (χ2v) is 5.98. The Morgan fingerprint density at radius 1 is 1.18 bits per heavy atom. The predicted octanol–water partition coefficient (Wildman–Crippen LogP) is 3.38. The maximum atomic E-state index is 3.52. The first-order chi connectivity index (χ1) is 8.17. The topological polar surface area (TPSA) is 15.3 Å². The summed E-state index contributed by atoms with van der Waals surface area (Å²) in [5, 5.41) is 3.52. The van der Waals surface area contributed by atoms with Crippen molar-refractivity contribution in [2.24, 2.45) is 0 Å². The molecule has 0 radical (unpaired) electrons. The molecule has 2 heterocycles. The van der Waals surface area contributed by atoms with Gasteiger partial charge in [0.2, 0.25) is 0 Å². The summed E-state index contributed by atoms with van der Waals surface area (Å²) in [6.07, 6.45) is 3.92.